The Hall–Kier alpha value is -3.78. The van der Waals surface area contributed by atoms with E-state index in [1.165, 1.54) is 0 Å². The van der Waals surface area contributed by atoms with Gasteiger partial charge in [0.1, 0.15) is 11.9 Å². The largest absolute Gasteiger partial charge is 0.386 e. The van der Waals surface area contributed by atoms with E-state index < -0.39 is 17.6 Å². The van der Waals surface area contributed by atoms with Crippen LogP contribution >= 0.6 is 0 Å². The molecule has 5 rings (SSSR count). The molecular weight excluding hydrogens is 432 g/mol. The number of nitrogens with zero attached hydrogens (tertiary/aromatic N) is 3. The molecule has 0 spiro atoms. The molecule has 2 aromatic carbocycles. The Bertz CT molecular complexity index is 1320. The Morgan fingerprint density at radius 3 is 2.44 bits per heavy atom. The number of carbonyl (C=O) groups is 3. The summed E-state index contributed by atoms with van der Waals surface area (Å²) in [5.74, 6) is -0.111. The molecule has 3 amide bonds. The van der Waals surface area contributed by atoms with E-state index in [4.69, 9.17) is 4.98 Å². The lowest BCUT2D eigenvalue weighted by atomic mass is 9.97. The molecule has 0 aliphatic carbocycles. The third kappa shape index (κ3) is 3.80. The fraction of sp³-hybridized carbons (Fsp3) is 0.308. The van der Waals surface area contributed by atoms with Gasteiger partial charge < -0.3 is 14.6 Å². The van der Waals surface area contributed by atoms with Gasteiger partial charge in [-0.1, -0.05) is 30.3 Å². The number of hydrogen-bond donors (Lipinski definition) is 2. The molecule has 0 saturated carbocycles. The number of carbonyl (C=O) groups excluding carboxylic acids is 3. The van der Waals surface area contributed by atoms with E-state index in [-0.39, 0.29) is 18.2 Å². The van der Waals surface area contributed by atoms with Gasteiger partial charge in [-0.05, 0) is 43.5 Å². The first kappa shape index (κ1) is 22.0. The van der Waals surface area contributed by atoms with Crippen molar-refractivity contribution in [1.29, 1.82) is 0 Å². The van der Waals surface area contributed by atoms with E-state index in [9.17, 15) is 19.5 Å². The van der Waals surface area contributed by atoms with Gasteiger partial charge in [0.2, 0.25) is 11.8 Å². The first-order chi connectivity index (χ1) is 16.1. The van der Waals surface area contributed by atoms with E-state index in [1.807, 2.05) is 54.2 Å². The molecule has 1 atom stereocenters. The van der Waals surface area contributed by atoms with Crippen LogP contribution in [0.2, 0.25) is 0 Å². The summed E-state index contributed by atoms with van der Waals surface area (Å²) in [7, 11) is 1.93. The average molecular weight is 459 g/mol. The van der Waals surface area contributed by atoms with Crippen LogP contribution in [0.4, 0.5) is 0 Å². The highest BCUT2D eigenvalue weighted by Crippen LogP contribution is 2.32. The number of hydrogen-bond acceptors (Lipinski definition) is 5. The third-order valence-corrected chi connectivity index (χ3v) is 6.55. The second-order valence-corrected chi connectivity index (χ2v) is 9.47. The fourth-order valence-corrected chi connectivity index (χ4v) is 4.63. The van der Waals surface area contributed by atoms with Crippen molar-refractivity contribution in [3.8, 4) is 22.6 Å². The number of amides is 3. The molecule has 174 valence electrons. The van der Waals surface area contributed by atoms with Crippen LogP contribution in [-0.4, -0.2) is 43.3 Å². The molecule has 8 nitrogen and oxygen atoms in total. The molecule has 34 heavy (non-hydrogen) atoms. The standard InChI is InChI=1S/C26H26N4O4/c1-26(2,34)18-7-4-15(5-8-18)23-27-20(14-29(23)3)16-6-9-19-17(12-16)13-30(25(19)33)21-10-11-22(31)28-24(21)32/h4-9,12,14,21,34H,10-11,13H2,1-3H3,(H,28,31,32). The highest BCUT2D eigenvalue weighted by Gasteiger charge is 2.39. The molecule has 1 saturated heterocycles. The van der Waals surface area contributed by atoms with Gasteiger partial charge in [0.25, 0.3) is 5.91 Å². The zero-order valence-corrected chi connectivity index (χ0v) is 19.3. The summed E-state index contributed by atoms with van der Waals surface area (Å²) in [6, 6.07) is 12.6. The fourth-order valence-electron chi connectivity index (χ4n) is 4.63. The maximum atomic E-state index is 12.9. The van der Waals surface area contributed by atoms with Crippen LogP contribution < -0.4 is 5.32 Å². The van der Waals surface area contributed by atoms with E-state index in [2.05, 4.69) is 5.32 Å². The molecule has 8 heteroatoms. The molecule has 2 N–H and O–H groups in total. The van der Waals surface area contributed by atoms with Crippen molar-refractivity contribution < 1.29 is 19.5 Å². The number of fused-ring (bicyclic) bond motifs is 1. The first-order valence-electron chi connectivity index (χ1n) is 11.3. The van der Waals surface area contributed by atoms with Crippen LogP contribution in [0.3, 0.4) is 0 Å². The van der Waals surface area contributed by atoms with Gasteiger partial charge in [-0.3, -0.25) is 19.7 Å². The Labute approximate surface area is 197 Å². The number of benzene rings is 2. The summed E-state index contributed by atoms with van der Waals surface area (Å²) in [4.78, 5) is 43.0. The number of imide groups is 1. The third-order valence-electron chi connectivity index (χ3n) is 6.55. The van der Waals surface area contributed by atoms with Crippen LogP contribution in [0.5, 0.6) is 0 Å². The van der Waals surface area contributed by atoms with Crippen molar-refractivity contribution in [2.45, 2.75) is 44.9 Å². The summed E-state index contributed by atoms with van der Waals surface area (Å²) in [5.41, 5.74) is 3.93. The summed E-state index contributed by atoms with van der Waals surface area (Å²) in [6.07, 6.45) is 2.51. The van der Waals surface area contributed by atoms with Crippen molar-refractivity contribution in [2.24, 2.45) is 7.05 Å². The van der Waals surface area contributed by atoms with Gasteiger partial charge >= 0.3 is 0 Å². The monoisotopic (exact) mass is 458 g/mol. The smallest absolute Gasteiger partial charge is 0.255 e. The molecule has 3 aromatic rings. The zero-order chi connectivity index (χ0) is 24.2. The molecule has 0 bridgehead atoms. The Morgan fingerprint density at radius 2 is 1.76 bits per heavy atom. The minimum atomic E-state index is -0.908. The molecule has 0 radical (unpaired) electrons. The van der Waals surface area contributed by atoms with Gasteiger partial charge in [0.15, 0.2) is 0 Å². The number of aromatic nitrogens is 2. The van der Waals surface area contributed by atoms with E-state index >= 15 is 0 Å². The van der Waals surface area contributed by atoms with Gasteiger partial charge in [0, 0.05) is 42.9 Å². The summed E-state index contributed by atoms with van der Waals surface area (Å²) >= 11 is 0. The number of aryl methyl sites for hydroxylation is 1. The molecule has 2 aliphatic rings. The number of rotatable bonds is 4. The van der Waals surface area contributed by atoms with Crippen molar-refractivity contribution in [3.05, 3.63) is 65.4 Å². The van der Waals surface area contributed by atoms with Crippen LogP contribution in [0.25, 0.3) is 22.6 Å². The van der Waals surface area contributed by atoms with E-state index in [0.29, 0.717) is 18.5 Å². The van der Waals surface area contributed by atoms with Crippen LogP contribution in [0.1, 0.15) is 48.2 Å². The number of nitrogens with one attached hydrogen (secondary N) is 1. The highest BCUT2D eigenvalue weighted by molar-refractivity contribution is 6.05. The minimum Gasteiger partial charge on any atom is -0.386 e. The first-order valence-corrected chi connectivity index (χ1v) is 11.3. The maximum absolute atomic E-state index is 12.9. The lowest BCUT2D eigenvalue weighted by Gasteiger charge is -2.29. The van der Waals surface area contributed by atoms with Gasteiger partial charge in [0.05, 0.1) is 11.3 Å². The Balaban J connectivity index is 1.41. The highest BCUT2D eigenvalue weighted by atomic mass is 16.3. The number of imidazole rings is 1. The van der Waals surface area contributed by atoms with Gasteiger partial charge in [-0.2, -0.15) is 0 Å². The minimum absolute atomic E-state index is 0.190. The SMILES string of the molecule is Cn1cc(-c2ccc3c(c2)CN(C2CCC(=O)NC2=O)C3=O)nc1-c1ccc(C(C)(C)O)cc1. The normalized spacial score (nSPS) is 18.3. The van der Waals surface area contributed by atoms with Gasteiger partial charge in [-0.25, -0.2) is 4.98 Å². The van der Waals surface area contributed by atoms with Gasteiger partial charge in [-0.15, -0.1) is 0 Å². The van der Waals surface area contributed by atoms with Crippen molar-refractivity contribution in [2.75, 3.05) is 0 Å². The van der Waals surface area contributed by atoms with Crippen LogP contribution in [0, 0.1) is 0 Å². The Kier molecular flexibility index (Phi) is 5.13. The second kappa shape index (κ2) is 7.92. The quantitative estimate of drug-likeness (QED) is 0.585. The zero-order valence-electron chi connectivity index (χ0n) is 19.3. The summed E-state index contributed by atoms with van der Waals surface area (Å²) < 4.78 is 1.95. The Morgan fingerprint density at radius 1 is 1.06 bits per heavy atom. The second-order valence-electron chi connectivity index (χ2n) is 9.47. The number of aliphatic hydroxyl groups is 1. The lowest BCUT2D eigenvalue weighted by molar-refractivity contribution is -0.136. The molecule has 3 heterocycles. The molecule has 1 fully saturated rings. The summed E-state index contributed by atoms with van der Waals surface area (Å²) in [5, 5.41) is 12.5. The lowest BCUT2D eigenvalue weighted by Crippen LogP contribution is -2.52. The molecule has 1 unspecified atom stereocenters. The van der Waals surface area contributed by atoms with Crippen molar-refractivity contribution in [3.63, 3.8) is 0 Å². The predicted octanol–water partition coefficient (Wildman–Crippen LogP) is 2.74. The predicted molar refractivity (Wildman–Crippen MR) is 125 cm³/mol. The van der Waals surface area contributed by atoms with Crippen molar-refractivity contribution in [1.82, 2.24) is 19.8 Å². The van der Waals surface area contributed by atoms with E-state index in [1.54, 1.807) is 24.8 Å². The molecule has 2 aliphatic heterocycles. The summed E-state index contributed by atoms with van der Waals surface area (Å²) in [6.45, 7) is 3.83. The van der Waals surface area contributed by atoms with Crippen LogP contribution in [-0.2, 0) is 28.8 Å². The molecular formula is C26H26N4O4. The maximum Gasteiger partial charge on any atom is 0.255 e. The van der Waals surface area contributed by atoms with Crippen LogP contribution in [0.15, 0.2) is 48.7 Å². The van der Waals surface area contributed by atoms with Crippen molar-refractivity contribution >= 4 is 17.7 Å². The van der Waals surface area contributed by atoms with E-state index in [0.717, 1.165) is 33.8 Å². The average Bonchev–Trinajstić information content (AvgIpc) is 3.33. The molecule has 1 aromatic heterocycles. The number of piperidine rings is 1. The topological polar surface area (TPSA) is 105 Å².